The molecular weight excluding hydrogens is 200 g/mol. The van der Waals surface area contributed by atoms with E-state index in [1.54, 1.807) is 0 Å². The third-order valence-corrected chi connectivity index (χ3v) is 2.66. The van der Waals surface area contributed by atoms with Gasteiger partial charge < -0.3 is 5.11 Å². The van der Waals surface area contributed by atoms with Gasteiger partial charge in [0.1, 0.15) is 5.78 Å². The summed E-state index contributed by atoms with van der Waals surface area (Å²) in [5.41, 5.74) is 0.825. The molecule has 88 valence electrons. The molecule has 0 bridgehead atoms. The van der Waals surface area contributed by atoms with E-state index in [0.29, 0.717) is 6.42 Å². The highest BCUT2D eigenvalue weighted by Gasteiger charge is 2.11. The van der Waals surface area contributed by atoms with Gasteiger partial charge >= 0.3 is 0 Å². The summed E-state index contributed by atoms with van der Waals surface area (Å²) in [6, 6.07) is 9.35. The minimum atomic E-state index is -0.643. The van der Waals surface area contributed by atoms with Crippen LogP contribution in [0.15, 0.2) is 30.3 Å². The average Bonchev–Trinajstić information content (AvgIpc) is 2.30. The molecule has 1 N–H and O–H groups in total. The number of Topliss-reactive ketones (excluding diaryl/α,β-unsaturated/α-hetero) is 1. The Morgan fingerprint density at radius 1 is 1.25 bits per heavy atom. The van der Waals surface area contributed by atoms with Crippen molar-refractivity contribution in [3.05, 3.63) is 35.9 Å². The standard InChI is InChI=1S/C14H20O2/c1-2-3-5-10-13(15)11-14(16)12-8-6-4-7-9-12/h4,6-9,14,16H,2-3,5,10-11H2,1H3/t14-/m1/s1. The molecule has 2 nitrogen and oxygen atoms in total. The van der Waals surface area contributed by atoms with Gasteiger partial charge in [-0.1, -0.05) is 50.1 Å². The Kier molecular flexibility index (Phi) is 5.79. The molecule has 1 aromatic carbocycles. The third kappa shape index (κ3) is 4.58. The van der Waals surface area contributed by atoms with E-state index in [0.717, 1.165) is 24.8 Å². The summed E-state index contributed by atoms with van der Waals surface area (Å²) >= 11 is 0. The van der Waals surface area contributed by atoms with Crippen molar-refractivity contribution in [2.45, 2.75) is 45.1 Å². The van der Waals surface area contributed by atoms with E-state index in [-0.39, 0.29) is 12.2 Å². The van der Waals surface area contributed by atoms with E-state index in [1.807, 2.05) is 30.3 Å². The highest BCUT2D eigenvalue weighted by molar-refractivity contribution is 5.78. The van der Waals surface area contributed by atoms with Crippen molar-refractivity contribution < 1.29 is 9.90 Å². The van der Waals surface area contributed by atoms with Gasteiger partial charge in [-0.3, -0.25) is 4.79 Å². The normalized spacial score (nSPS) is 12.4. The molecule has 0 spiro atoms. The number of aliphatic hydroxyl groups excluding tert-OH is 1. The number of rotatable bonds is 7. The molecule has 1 atom stereocenters. The summed E-state index contributed by atoms with van der Waals surface area (Å²) in [5, 5.41) is 9.83. The second-order valence-corrected chi connectivity index (χ2v) is 4.13. The van der Waals surface area contributed by atoms with Crippen LogP contribution in [-0.2, 0) is 4.79 Å². The Morgan fingerprint density at radius 3 is 2.56 bits per heavy atom. The first-order chi connectivity index (χ1) is 7.74. The van der Waals surface area contributed by atoms with Crippen LogP contribution in [0.5, 0.6) is 0 Å². The van der Waals surface area contributed by atoms with E-state index in [4.69, 9.17) is 0 Å². The van der Waals surface area contributed by atoms with Gasteiger partial charge in [-0.15, -0.1) is 0 Å². The van der Waals surface area contributed by atoms with Crippen molar-refractivity contribution >= 4 is 5.78 Å². The highest BCUT2D eigenvalue weighted by Crippen LogP contribution is 2.17. The fraction of sp³-hybridized carbons (Fsp3) is 0.500. The van der Waals surface area contributed by atoms with Gasteiger partial charge in [0.2, 0.25) is 0 Å². The molecule has 0 aliphatic rings. The van der Waals surface area contributed by atoms with Crippen LogP contribution in [-0.4, -0.2) is 10.9 Å². The lowest BCUT2D eigenvalue weighted by Gasteiger charge is -2.09. The first kappa shape index (κ1) is 12.9. The lowest BCUT2D eigenvalue weighted by atomic mass is 10.0. The molecule has 1 aromatic rings. The Labute approximate surface area is 97.3 Å². The fourth-order valence-corrected chi connectivity index (χ4v) is 1.68. The number of ketones is 1. The summed E-state index contributed by atoms with van der Waals surface area (Å²) in [7, 11) is 0. The SMILES string of the molecule is CCCCCC(=O)C[C@@H](O)c1ccccc1. The van der Waals surface area contributed by atoms with Gasteiger partial charge in [-0.2, -0.15) is 0 Å². The summed E-state index contributed by atoms with van der Waals surface area (Å²) < 4.78 is 0. The number of unbranched alkanes of at least 4 members (excludes halogenated alkanes) is 2. The van der Waals surface area contributed by atoms with Crippen LogP contribution in [0.3, 0.4) is 0 Å². The maximum atomic E-state index is 11.5. The van der Waals surface area contributed by atoms with Crippen LogP contribution in [0, 0.1) is 0 Å². The fourth-order valence-electron chi connectivity index (χ4n) is 1.68. The van der Waals surface area contributed by atoms with Gasteiger partial charge in [0, 0.05) is 12.8 Å². The first-order valence-corrected chi connectivity index (χ1v) is 5.98. The van der Waals surface area contributed by atoms with E-state index >= 15 is 0 Å². The van der Waals surface area contributed by atoms with Crippen molar-refractivity contribution in [3.63, 3.8) is 0 Å². The Balaban J connectivity index is 2.34. The predicted octanol–water partition coefficient (Wildman–Crippen LogP) is 3.26. The number of benzene rings is 1. The van der Waals surface area contributed by atoms with Crippen molar-refractivity contribution in [2.24, 2.45) is 0 Å². The minimum Gasteiger partial charge on any atom is -0.388 e. The van der Waals surface area contributed by atoms with Crippen LogP contribution in [0.1, 0.15) is 50.7 Å². The van der Waals surface area contributed by atoms with Crippen molar-refractivity contribution in [2.75, 3.05) is 0 Å². The zero-order valence-corrected chi connectivity index (χ0v) is 9.86. The Morgan fingerprint density at radius 2 is 1.94 bits per heavy atom. The van der Waals surface area contributed by atoms with Crippen molar-refractivity contribution in [1.29, 1.82) is 0 Å². The number of hydrogen-bond acceptors (Lipinski definition) is 2. The molecule has 0 unspecified atom stereocenters. The lowest BCUT2D eigenvalue weighted by molar-refractivity contribution is -0.121. The Bertz CT molecular complexity index is 306. The van der Waals surface area contributed by atoms with Crippen LogP contribution >= 0.6 is 0 Å². The van der Waals surface area contributed by atoms with Gasteiger partial charge in [0.15, 0.2) is 0 Å². The van der Waals surface area contributed by atoms with Gasteiger partial charge in [-0.05, 0) is 12.0 Å². The molecule has 0 radical (unpaired) electrons. The highest BCUT2D eigenvalue weighted by atomic mass is 16.3. The van der Waals surface area contributed by atoms with E-state index < -0.39 is 6.10 Å². The van der Waals surface area contributed by atoms with Crippen molar-refractivity contribution in [1.82, 2.24) is 0 Å². The van der Waals surface area contributed by atoms with Gasteiger partial charge in [0.25, 0.3) is 0 Å². The van der Waals surface area contributed by atoms with E-state index in [9.17, 15) is 9.90 Å². The quantitative estimate of drug-likeness (QED) is 0.716. The topological polar surface area (TPSA) is 37.3 Å². The molecule has 0 heterocycles. The predicted molar refractivity (Wildman–Crippen MR) is 65.2 cm³/mol. The van der Waals surface area contributed by atoms with Crippen molar-refractivity contribution in [3.8, 4) is 0 Å². The molecular formula is C14H20O2. The van der Waals surface area contributed by atoms with E-state index in [2.05, 4.69) is 6.92 Å². The maximum Gasteiger partial charge on any atom is 0.135 e. The number of carbonyl (C=O) groups is 1. The largest absolute Gasteiger partial charge is 0.388 e. The smallest absolute Gasteiger partial charge is 0.135 e. The number of carbonyl (C=O) groups excluding carboxylic acids is 1. The molecule has 1 rings (SSSR count). The molecule has 0 saturated heterocycles. The zero-order chi connectivity index (χ0) is 11.8. The summed E-state index contributed by atoms with van der Waals surface area (Å²) in [6.45, 7) is 2.11. The third-order valence-electron chi connectivity index (χ3n) is 2.66. The van der Waals surface area contributed by atoms with Gasteiger partial charge in [0.05, 0.1) is 6.10 Å². The summed E-state index contributed by atoms with van der Waals surface area (Å²) in [5.74, 6) is 0.157. The number of hydrogen-bond donors (Lipinski definition) is 1. The lowest BCUT2D eigenvalue weighted by Crippen LogP contribution is -2.06. The number of aliphatic hydroxyl groups is 1. The molecule has 0 saturated carbocycles. The summed E-state index contributed by atoms with van der Waals surface area (Å²) in [4.78, 5) is 11.5. The molecule has 0 aliphatic heterocycles. The minimum absolute atomic E-state index is 0.157. The van der Waals surface area contributed by atoms with E-state index in [1.165, 1.54) is 0 Å². The molecule has 0 fully saturated rings. The second-order valence-electron chi connectivity index (χ2n) is 4.13. The molecule has 0 aromatic heterocycles. The van der Waals surface area contributed by atoms with Crippen LogP contribution in [0.4, 0.5) is 0 Å². The average molecular weight is 220 g/mol. The first-order valence-electron chi connectivity index (χ1n) is 5.98. The van der Waals surface area contributed by atoms with Gasteiger partial charge in [-0.25, -0.2) is 0 Å². The second kappa shape index (κ2) is 7.18. The summed E-state index contributed by atoms with van der Waals surface area (Å²) in [6.07, 6.45) is 3.35. The van der Waals surface area contributed by atoms with Crippen LogP contribution in [0.2, 0.25) is 0 Å². The molecule has 0 aliphatic carbocycles. The van der Waals surface area contributed by atoms with Crippen LogP contribution < -0.4 is 0 Å². The molecule has 16 heavy (non-hydrogen) atoms. The maximum absolute atomic E-state index is 11.5. The zero-order valence-electron chi connectivity index (χ0n) is 9.86. The molecule has 2 heteroatoms. The monoisotopic (exact) mass is 220 g/mol. The molecule has 0 amide bonds. The Hall–Kier alpha value is -1.15. The van der Waals surface area contributed by atoms with Crippen LogP contribution in [0.25, 0.3) is 0 Å².